The molecule has 2 aromatic heterocycles. The molecule has 0 N–H and O–H groups in total. The van der Waals surface area contributed by atoms with Crippen LogP contribution in [0.5, 0.6) is 0 Å². The van der Waals surface area contributed by atoms with Crippen LogP contribution in [-0.2, 0) is 13.2 Å². The van der Waals surface area contributed by atoms with Crippen LogP contribution in [-0.4, -0.2) is 14.8 Å². The number of pyridine rings is 1. The number of hydrogen-bond donors (Lipinski definition) is 0. The molecule has 0 atom stereocenters. The zero-order valence-electron chi connectivity index (χ0n) is 8.66. The van der Waals surface area contributed by atoms with E-state index in [0.29, 0.717) is 5.56 Å². The predicted octanol–water partition coefficient (Wildman–Crippen LogP) is 3.11. The maximum Gasteiger partial charge on any atom is 0.433 e. The van der Waals surface area contributed by atoms with Gasteiger partial charge in [-0.25, -0.2) is 0 Å². The maximum atomic E-state index is 12.3. The summed E-state index contributed by atoms with van der Waals surface area (Å²) in [4.78, 5) is 3.42. The van der Waals surface area contributed by atoms with Crippen molar-refractivity contribution in [1.82, 2.24) is 14.8 Å². The van der Waals surface area contributed by atoms with Crippen LogP contribution in [0.1, 0.15) is 5.69 Å². The Balaban J connectivity index is 2.43. The lowest BCUT2D eigenvalue weighted by atomic mass is 10.2. The third-order valence-electron chi connectivity index (χ3n) is 2.22. The van der Waals surface area contributed by atoms with Gasteiger partial charge in [0.1, 0.15) is 5.69 Å². The van der Waals surface area contributed by atoms with E-state index in [-0.39, 0.29) is 0 Å². The second-order valence-corrected chi connectivity index (χ2v) is 4.56. The van der Waals surface area contributed by atoms with Gasteiger partial charge < -0.3 is 0 Å². The van der Waals surface area contributed by atoms with Gasteiger partial charge in [0.2, 0.25) is 0 Å². The van der Waals surface area contributed by atoms with Gasteiger partial charge >= 0.3 is 6.18 Å². The van der Waals surface area contributed by atoms with Crippen molar-refractivity contribution in [2.24, 2.45) is 7.05 Å². The van der Waals surface area contributed by atoms with Crippen LogP contribution in [0, 0.1) is 3.57 Å². The quantitative estimate of drug-likeness (QED) is 0.738. The molecule has 0 radical (unpaired) electrons. The normalized spacial score (nSPS) is 11.8. The molecule has 0 aliphatic rings. The Morgan fingerprint density at radius 2 is 1.94 bits per heavy atom. The minimum absolute atomic E-state index is 0.613. The smallest absolute Gasteiger partial charge is 0.267 e. The van der Waals surface area contributed by atoms with Crippen molar-refractivity contribution >= 4 is 22.6 Å². The van der Waals surface area contributed by atoms with E-state index in [1.54, 1.807) is 17.9 Å². The Kier molecular flexibility index (Phi) is 3.11. The number of nitrogens with zero attached hydrogens (tertiary/aromatic N) is 3. The highest BCUT2D eigenvalue weighted by Crippen LogP contribution is 2.29. The van der Waals surface area contributed by atoms with E-state index in [1.807, 2.05) is 0 Å². The fourth-order valence-electron chi connectivity index (χ4n) is 1.44. The van der Waals surface area contributed by atoms with Crippen molar-refractivity contribution in [3.05, 3.63) is 33.8 Å². The molecule has 0 fully saturated rings. The molecule has 2 heterocycles. The van der Waals surface area contributed by atoms with Crippen LogP contribution in [0.25, 0.3) is 11.3 Å². The number of aromatic nitrogens is 3. The number of aryl methyl sites for hydroxylation is 1. The van der Waals surface area contributed by atoms with Gasteiger partial charge in [0.25, 0.3) is 0 Å². The molecule has 0 amide bonds. The molecular weight excluding hydrogens is 346 g/mol. The Morgan fingerprint density at radius 1 is 1.24 bits per heavy atom. The lowest BCUT2D eigenvalue weighted by molar-refractivity contribution is -0.141. The van der Waals surface area contributed by atoms with Gasteiger partial charge in [-0.05, 0) is 34.7 Å². The molecule has 7 heteroatoms. The van der Waals surface area contributed by atoms with Gasteiger partial charge in [0, 0.05) is 18.8 Å². The zero-order valence-corrected chi connectivity index (χ0v) is 10.8. The third kappa shape index (κ3) is 2.43. The lowest BCUT2D eigenvalue weighted by Crippen LogP contribution is -2.07. The number of rotatable bonds is 1. The number of alkyl halides is 3. The van der Waals surface area contributed by atoms with E-state index in [4.69, 9.17) is 0 Å². The van der Waals surface area contributed by atoms with Crippen molar-refractivity contribution in [3.63, 3.8) is 0 Å². The van der Waals surface area contributed by atoms with Crippen LogP contribution >= 0.6 is 22.6 Å². The summed E-state index contributed by atoms with van der Waals surface area (Å²) in [7, 11) is 1.73. The average Bonchev–Trinajstić information content (AvgIpc) is 2.58. The summed E-state index contributed by atoms with van der Waals surface area (Å²) >= 11 is 2.08. The highest BCUT2D eigenvalue weighted by Gasteiger charge is 2.32. The SMILES string of the molecule is Cn1ncc(I)c1-c1ccc(C(F)(F)F)nc1. The van der Waals surface area contributed by atoms with Gasteiger partial charge in [0.15, 0.2) is 0 Å². The van der Waals surface area contributed by atoms with E-state index in [2.05, 4.69) is 32.7 Å². The molecule has 0 aromatic carbocycles. The molecule has 0 saturated heterocycles. The summed E-state index contributed by atoms with van der Waals surface area (Å²) in [5.41, 5.74) is 0.479. The average molecular weight is 353 g/mol. The van der Waals surface area contributed by atoms with Crippen molar-refractivity contribution in [2.75, 3.05) is 0 Å². The first-order valence-corrected chi connectivity index (χ1v) is 5.68. The summed E-state index contributed by atoms with van der Waals surface area (Å²) in [6.07, 6.45) is -1.55. The molecule has 0 bridgehead atoms. The fourth-order valence-corrected chi connectivity index (χ4v) is 2.22. The van der Waals surface area contributed by atoms with Gasteiger partial charge in [-0.2, -0.15) is 18.3 Å². The Morgan fingerprint density at radius 3 is 2.35 bits per heavy atom. The lowest BCUT2D eigenvalue weighted by Gasteiger charge is -2.07. The molecule has 0 aliphatic carbocycles. The van der Waals surface area contributed by atoms with Crippen molar-refractivity contribution < 1.29 is 13.2 Å². The Labute approximate surface area is 109 Å². The summed E-state index contributed by atoms with van der Waals surface area (Å²) in [5.74, 6) is 0. The topological polar surface area (TPSA) is 30.7 Å². The van der Waals surface area contributed by atoms with E-state index in [1.165, 1.54) is 12.3 Å². The monoisotopic (exact) mass is 353 g/mol. The van der Waals surface area contributed by atoms with E-state index < -0.39 is 11.9 Å². The molecule has 2 rings (SSSR count). The van der Waals surface area contributed by atoms with E-state index in [9.17, 15) is 13.2 Å². The van der Waals surface area contributed by atoms with Crippen molar-refractivity contribution in [1.29, 1.82) is 0 Å². The molecule has 3 nitrogen and oxygen atoms in total. The second-order valence-electron chi connectivity index (χ2n) is 3.39. The van der Waals surface area contributed by atoms with Crippen LogP contribution in [0.2, 0.25) is 0 Å². The minimum atomic E-state index is -4.40. The predicted molar refractivity (Wildman–Crippen MR) is 64.2 cm³/mol. The van der Waals surface area contributed by atoms with Crippen molar-refractivity contribution in [2.45, 2.75) is 6.18 Å². The van der Waals surface area contributed by atoms with Gasteiger partial charge in [0.05, 0.1) is 15.5 Å². The maximum absolute atomic E-state index is 12.3. The van der Waals surface area contributed by atoms with Gasteiger partial charge in [-0.1, -0.05) is 0 Å². The summed E-state index contributed by atoms with van der Waals surface area (Å²) in [5, 5.41) is 4.02. The molecular formula is C10H7F3IN3. The highest BCUT2D eigenvalue weighted by molar-refractivity contribution is 14.1. The van der Waals surface area contributed by atoms with Crippen LogP contribution in [0.4, 0.5) is 13.2 Å². The Hall–Kier alpha value is -1.12. The molecule has 0 aliphatic heterocycles. The summed E-state index contributed by atoms with van der Waals surface area (Å²) in [6.45, 7) is 0. The van der Waals surface area contributed by atoms with Crippen LogP contribution in [0.3, 0.4) is 0 Å². The summed E-state index contributed by atoms with van der Waals surface area (Å²) < 4.78 is 39.5. The first-order valence-electron chi connectivity index (χ1n) is 4.60. The van der Waals surface area contributed by atoms with Crippen molar-refractivity contribution in [3.8, 4) is 11.3 Å². The third-order valence-corrected chi connectivity index (χ3v) is 3.01. The molecule has 0 saturated carbocycles. The molecule has 90 valence electrons. The minimum Gasteiger partial charge on any atom is -0.267 e. The van der Waals surface area contributed by atoms with E-state index in [0.717, 1.165) is 15.3 Å². The number of halogens is 4. The van der Waals surface area contributed by atoms with Crippen LogP contribution < -0.4 is 0 Å². The molecule has 2 aromatic rings. The molecule has 0 spiro atoms. The second kappa shape index (κ2) is 4.28. The first kappa shape index (κ1) is 12.3. The van der Waals surface area contributed by atoms with Gasteiger partial charge in [-0.15, -0.1) is 0 Å². The molecule has 0 unspecified atom stereocenters. The fraction of sp³-hybridized carbons (Fsp3) is 0.200. The standard InChI is InChI=1S/C10H7F3IN3/c1-17-9(7(14)5-16-17)6-2-3-8(15-4-6)10(11,12)13/h2-5H,1H3. The zero-order chi connectivity index (χ0) is 12.6. The Bertz CT molecular complexity index is 511. The van der Waals surface area contributed by atoms with Crippen LogP contribution in [0.15, 0.2) is 24.5 Å². The van der Waals surface area contributed by atoms with Gasteiger partial charge in [-0.3, -0.25) is 9.67 Å². The van der Waals surface area contributed by atoms with E-state index >= 15 is 0 Å². The molecule has 17 heavy (non-hydrogen) atoms. The highest BCUT2D eigenvalue weighted by atomic mass is 127. The first-order chi connectivity index (χ1) is 7.89. The largest absolute Gasteiger partial charge is 0.433 e. The number of hydrogen-bond acceptors (Lipinski definition) is 2. The summed E-state index contributed by atoms with van der Waals surface area (Å²) in [6, 6.07) is 2.37.